The Morgan fingerprint density at radius 3 is 2.76 bits per heavy atom. The van der Waals surface area contributed by atoms with Crippen LogP contribution in [0.2, 0.25) is 0 Å². The van der Waals surface area contributed by atoms with Gasteiger partial charge in [0.05, 0.1) is 11.0 Å². The Kier molecular flexibility index (Phi) is 4.33. The second-order valence-electron chi connectivity index (χ2n) is 6.34. The molecule has 1 aromatic carbocycles. The first kappa shape index (κ1) is 15.0. The first-order valence-corrected chi connectivity index (χ1v) is 9.60. The summed E-state index contributed by atoms with van der Waals surface area (Å²) in [4.78, 5) is 0. The third-order valence-electron chi connectivity index (χ3n) is 4.91. The molecule has 4 nitrogen and oxygen atoms in total. The summed E-state index contributed by atoms with van der Waals surface area (Å²) < 4.78 is 24.5. The highest BCUT2D eigenvalue weighted by Gasteiger charge is 2.35. The predicted molar refractivity (Wildman–Crippen MR) is 84.7 cm³/mol. The van der Waals surface area contributed by atoms with Crippen LogP contribution in [0.4, 0.5) is 0 Å². The van der Waals surface area contributed by atoms with Gasteiger partial charge in [-0.15, -0.1) is 0 Å². The number of rotatable bonds is 4. The van der Waals surface area contributed by atoms with Gasteiger partial charge in [-0.25, -0.2) is 8.42 Å². The zero-order valence-electron chi connectivity index (χ0n) is 12.3. The topological polar surface area (TPSA) is 72.2 Å². The van der Waals surface area contributed by atoms with Crippen LogP contribution in [0, 0.1) is 0 Å². The van der Waals surface area contributed by atoms with E-state index in [0.29, 0.717) is 12.2 Å². The zero-order chi connectivity index (χ0) is 14.9. The molecule has 5 heteroatoms. The SMILES string of the molecule is NNC(Cc1ccc2c(c1)CCC2)C1CCCCS1(=O)=O. The molecule has 1 aliphatic carbocycles. The summed E-state index contributed by atoms with van der Waals surface area (Å²) >= 11 is 0. The van der Waals surface area contributed by atoms with E-state index in [1.807, 2.05) is 0 Å². The molecule has 1 fully saturated rings. The van der Waals surface area contributed by atoms with E-state index in [9.17, 15) is 8.42 Å². The van der Waals surface area contributed by atoms with Crippen LogP contribution < -0.4 is 11.3 Å². The van der Waals surface area contributed by atoms with Gasteiger partial charge >= 0.3 is 0 Å². The minimum absolute atomic E-state index is 0.185. The highest BCUT2D eigenvalue weighted by Crippen LogP contribution is 2.26. The number of benzene rings is 1. The van der Waals surface area contributed by atoms with Crippen molar-refractivity contribution in [3.8, 4) is 0 Å². The molecule has 0 radical (unpaired) electrons. The quantitative estimate of drug-likeness (QED) is 0.653. The smallest absolute Gasteiger partial charge is 0.154 e. The van der Waals surface area contributed by atoms with Crippen molar-refractivity contribution in [1.29, 1.82) is 0 Å². The standard InChI is InChI=1S/C16H24N2O2S/c17-18-15(16-6-1-2-9-21(16,19)20)11-12-7-8-13-4-3-5-14(13)10-12/h7-8,10,15-16,18H,1-6,9,11,17H2. The fourth-order valence-electron chi connectivity index (χ4n) is 3.73. The van der Waals surface area contributed by atoms with E-state index >= 15 is 0 Å². The van der Waals surface area contributed by atoms with Crippen LogP contribution in [0.1, 0.15) is 42.4 Å². The van der Waals surface area contributed by atoms with Crippen LogP contribution in [-0.2, 0) is 29.1 Å². The number of fused-ring (bicyclic) bond motifs is 1. The van der Waals surface area contributed by atoms with Crippen molar-refractivity contribution < 1.29 is 8.42 Å². The van der Waals surface area contributed by atoms with Gasteiger partial charge in [0, 0.05) is 6.04 Å². The summed E-state index contributed by atoms with van der Waals surface area (Å²) in [5.41, 5.74) is 6.83. The second-order valence-corrected chi connectivity index (χ2v) is 8.67. The average molecular weight is 308 g/mol. The molecule has 116 valence electrons. The number of hydrazine groups is 1. The Labute approximate surface area is 127 Å². The predicted octanol–water partition coefficient (Wildman–Crippen LogP) is 1.52. The van der Waals surface area contributed by atoms with E-state index in [2.05, 4.69) is 23.6 Å². The Balaban J connectivity index is 1.78. The zero-order valence-corrected chi connectivity index (χ0v) is 13.2. The third kappa shape index (κ3) is 3.15. The summed E-state index contributed by atoms with van der Waals surface area (Å²) in [6.45, 7) is 0. The van der Waals surface area contributed by atoms with Gasteiger partial charge in [-0.05, 0) is 55.2 Å². The van der Waals surface area contributed by atoms with Crippen molar-refractivity contribution in [2.75, 3.05) is 5.75 Å². The van der Waals surface area contributed by atoms with Crippen molar-refractivity contribution >= 4 is 9.84 Å². The monoisotopic (exact) mass is 308 g/mol. The Morgan fingerprint density at radius 1 is 1.19 bits per heavy atom. The average Bonchev–Trinajstić information content (AvgIpc) is 2.92. The van der Waals surface area contributed by atoms with Gasteiger partial charge in [-0.2, -0.15) is 0 Å². The van der Waals surface area contributed by atoms with E-state index in [1.54, 1.807) is 0 Å². The molecule has 0 amide bonds. The van der Waals surface area contributed by atoms with Crippen LogP contribution >= 0.6 is 0 Å². The summed E-state index contributed by atoms with van der Waals surface area (Å²) in [7, 11) is -3.01. The molecule has 2 aliphatic rings. The number of sulfone groups is 1. The molecule has 0 aromatic heterocycles. The molecular weight excluding hydrogens is 284 g/mol. The number of nitrogens with two attached hydrogens (primary N) is 1. The molecule has 1 heterocycles. The van der Waals surface area contributed by atoms with Crippen LogP contribution in [0.25, 0.3) is 0 Å². The van der Waals surface area contributed by atoms with E-state index in [-0.39, 0.29) is 11.3 Å². The van der Waals surface area contributed by atoms with Crippen molar-refractivity contribution in [3.63, 3.8) is 0 Å². The minimum Gasteiger partial charge on any atom is -0.271 e. The summed E-state index contributed by atoms with van der Waals surface area (Å²) in [6.07, 6.45) is 6.72. The summed E-state index contributed by atoms with van der Waals surface area (Å²) in [5, 5.41) is -0.343. The van der Waals surface area contributed by atoms with E-state index in [0.717, 1.165) is 25.7 Å². The Morgan fingerprint density at radius 2 is 2.00 bits per heavy atom. The lowest BCUT2D eigenvalue weighted by Crippen LogP contribution is -2.50. The first-order chi connectivity index (χ1) is 10.1. The second kappa shape index (κ2) is 6.07. The molecular formula is C16H24N2O2S. The maximum Gasteiger partial charge on any atom is 0.154 e. The highest BCUT2D eigenvalue weighted by molar-refractivity contribution is 7.92. The number of hydrogen-bond acceptors (Lipinski definition) is 4. The lowest BCUT2D eigenvalue weighted by molar-refractivity contribution is 0.440. The largest absolute Gasteiger partial charge is 0.271 e. The molecule has 21 heavy (non-hydrogen) atoms. The lowest BCUT2D eigenvalue weighted by atomic mass is 9.97. The van der Waals surface area contributed by atoms with E-state index in [4.69, 9.17) is 5.84 Å². The van der Waals surface area contributed by atoms with Crippen LogP contribution in [0.3, 0.4) is 0 Å². The van der Waals surface area contributed by atoms with E-state index < -0.39 is 9.84 Å². The van der Waals surface area contributed by atoms with Crippen molar-refractivity contribution in [3.05, 3.63) is 34.9 Å². The number of nitrogens with one attached hydrogen (secondary N) is 1. The van der Waals surface area contributed by atoms with Crippen LogP contribution in [-0.4, -0.2) is 25.5 Å². The highest BCUT2D eigenvalue weighted by atomic mass is 32.2. The molecule has 0 bridgehead atoms. The van der Waals surface area contributed by atoms with E-state index in [1.165, 1.54) is 29.5 Å². The third-order valence-corrected chi connectivity index (χ3v) is 7.25. The van der Waals surface area contributed by atoms with Crippen molar-refractivity contribution in [2.45, 2.75) is 56.2 Å². The molecule has 1 saturated heterocycles. The molecule has 3 N–H and O–H groups in total. The summed E-state index contributed by atoms with van der Waals surface area (Å²) in [6, 6.07) is 6.38. The Bertz CT molecular complexity index is 613. The van der Waals surface area contributed by atoms with Crippen LogP contribution in [0.5, 0.6) is 0 Å². The van der Waals surface area contributed by atoms with Gasteiger partial charge in [0.1, 0.15) is 0 Å². The molecule has 3 rings (SSSR count). The van der Waals surface area contributed by atoms with Gasteiger partial charge in [-0.1, -0.05) is 24.6 Å². The molecule has 0 spiro atoms. The van der Waals surface area contributed by atoms with Gasteiger partial charge in [0.2, 0.25) is 0 Å². The normalized spacial score (nSPS) is 25.5. The first-order valence-electron chi connectivity index (χ1n) is 7.88. The molecule has 2 unspecified atom stereocenters. The fourth-order valence-corrected chi connectivity index (χ4v) is 5.85. The minimum atomic E-state index is -3.01. The maximum absolute atomic E-state index is 12.3. The molecule has 1 aromatic rings. The summed E-state index contributed by atoms with van der Waals surface area (Å²) in [5.74, 6) is 5.98. The molecule has 0 saturated carbocycles. The van der Waals surface area contributed by atoms with Gasteiger partial charge in [0.15, 0.2) is 9.84 Å². The number of hydrogen-bond donors (Lipinski definition) is 2. The molecule has 1 aliphatic heterocycles. The molecule has 2 atom stereocenters. The van der Waals surface area contributed by atoms with Gasteiger partial charge in [0.25, 0.3) is 0 Å². The van der Waals surface area contributed by atoms with Crippen LogP contribution in [0.15, 0.2) is 18.2 Å². The number of aryl methyl sites for hydroxylation is 2. The fraction of sp³-hybridized carbons (Fsp3) is 0.625. The maximum atomic E-state index is 12.3. The van der Waals surface area contributed by atoms with Crippen molar-refractivity contribution in [2.24, 2.45) is 5.84 Å². The van der Waals surface area contributed by atoms with Crippen molar-refractivity contribution in [1.82, 2.24) is 5.43 Å². The lowest BCUT2D eigenvalue weighted by Gasteiger charge is -2.29. The van der Waals surface area contributed by atoms with Gasteiger partial charge in [-0.3, -0.25) is 11.3 Å². The van der Waals surface area contributed by atoms with Gasteiger partial charge < -0.3 is 0 Å². The Hall–Kier alpha value is -0.910.